The Hall–Kier alpha value is -1.42. The summed E-state index contributed by atoms with van der Waals surface area (Å²) in [6.07, 6.45) is 6.14. The first-order chi connectivity index (χ1) is 11.2. The fraction of sp³-hybridized carbons (Fsp3) is 0.812. The number of urea groups is 1. The van der Waals surface area contributed by atoms with Gasteiger partial charge in [0.05, 0.1) is 24.6 Å². The van der Waals surface area contributed by atoms with Crippen LogP contribution in [-0.2, 0) is 4.79 Å². The van der Waals surface area contributed by atoms with E-state index < -0.39 is 0 Å². The van der Waals surface area contributed by atoms with Crippen molar-refractivity contribution in [3.05, 3.63) is 0 Å². The van der Waals surface area contributed by atoms with Gasteiger partial charge in [-0.1, -0.05) is 6.42 Å². The van der Waals surface area contributed by atoms with Gasteiger partial charge in [-0.25, -0.2) is 4.79 Å². The third kappa shape index (κ3) is 4.11. The first kappa shape index (κ1) is 16.4. The summed E-state index contributed by atoms with van der Waals surface area (Å²) in [6, 6.07) is 3.00. The van der Waals surface area contributed by atoms with E-state index in [-0.39, 0.29) is 24.0 Å². The lowest BCUT2D eigenvalue weighted by atomic mass is 10.0. The molecule has 3 amide bonds. The monoisotopic (exact) mass is 336 g/mol. The number of carbonyl (C=O) groups excluding carboxylic acids is 2. The number of unbranched alkanes of at least 4 members (excludes halogenated alkanes) is 1. The Morgan fingerprint density at radius 2 is 2.17 bits per heavy atom. The van der Waals surface area contributed by atoms with Gasteiger partial charge in [-0.15, -0.1) is 0 Å². The highest BCUT2D eigenvalue weighted by molar-refractivity contribution is 8.00. The summed E-state index contributed by atoms with van der Waals surface area (Å²) >= 11 is 1.92. The Morgan fingerprint density at radius 3 is 2.91 bits per heavy atom. The van der Waals surface area contributed by atoms with Crippen LogP contribution in [0.5, 0.6) is 0 Å². The molecule has 0 bridgehead atoms. The van der Waals surface area contributed by atoms with E-state index in [4.69, 9.17) is 5.26 Å². The van der Waals surface area contributed by atoms with E-state index in [2.05, 4.69) is 16.7 Å². The summed E-state index contributed by atoms with van der Waals surface area (Å²) < 4.78 is 0. The third-order valence-corrected chi connectivity index (χ3v) is 6.35. The van der Waals surface area contributed by atoms with Crippen LogP contribution in [0.2, 0.25) is 0 Å². The van der Waals surface area contributed by atoms with Crippen molar-refractivity contribution in [2.45, 2.75) is 68.3 Å². The molecule has 1 aliphatic carbocycles. The lowest BCUT2D eigenvalue weighted by Crippen LogP contribution is -2.36. The minimum absolute atomic E-state index is 0.0435. The summed E-state index contributed by atoms with van der Waals surface area (Å²) in [7, 11) is 0. The number of amides is 3. The standard InChI is InChI=1S/C16H24N4O2S/c17-8-3-9-20(11-6-7-11)14(21)5-2-1-4-13-15-12(10-23-13)18-16(22)19-15/h11-13,15H,1-7,9-10H2,(H2,18,19,22)/t12-,13-,15-/m0/s1. The number of hydrogen-bond donors (Lipinski definition) is 2. The van der Waals surface area contributed by atoms with Gasteiger partial charge < -0.3 is 15.5 Å². The molecule has 2 N–H and O–H groups in total. The zero-order chi connectivity index (χ0) is 16.2. The molecule has 0 aromatic carbocycles. The van der Waals surface area contributed by atoms with Gasteiger partial charge in [0.2, 0.25) is 5.91 Å². The highest BCUT2D eigenvalue weighted by atomic mass is 32.2. The van der Waals surface area contributed by atoms with Crippen molar-refractivity contribution in [2.24, 2.45) is 0 Å². The Morgan fingerprint density at radius 1 is 1.35 bits per heavy atom. The minimum Gasteiger partial charge on any atom is -0.339 e. The predicted octanol–water partition coefficient (Wildman–Crippen LogP) is 1.62. The Bertz CT molecular complexity index is 503. The fourth-order valence-electron chi connectivity index (χ4n) is 3.48. The summed E-state index contributed by atoms with van der Waals surface area (Å²) in [5.41, 5.74) is 0. The highest BCUT2D eigenvalue weighted by Gasteiger charge is 2.42. The van der Waals surface area contributed by atoms with Gasteiger partial charge in [-0.2, -0.15) is 17.0 Å². The lowest BCUT2D eigenvalue weighted by Gasteiger charge is -2.21. The van der Waals surface area contributed by atoms with Crippen LogP contribution in [0.25, 0.3) is 0 Å². The van der Waals surface area contributed by atoms with Crippen molar-refractivity contribution in [2.75, 3.05) is 12.3 Å². The molecule has 23 heavy (non-hydrogen) atoms. The van der Waals surface area contributed by atoms with Crippen molar-refractivity contribution in [3.63, 3.8) is 0 Å². The van der Waals surface area contributed by atoms with Crippen LogP contribution in [0, 0.1) is 11.3 Å². The molecule has 0 radical (unpaired) electrons. The van der Waals surface area contributed by atoms with E-state index in [0.29, 0.717) is 30.7 Å². The van der Waals surface area contributed by atoms with Crippen molar-refractivity contribution in [1.29, 1.82) is 5.26 Å². The average molecular weight is 336 g/mol. The van der Waals surface area contributed by atoms with Crippen LogP contribution < -0.4 is 10.6 Å². The smallest absolute Gasteiger partial charge is 0.315 e. The van der Waals surface area contributed by atoms with E-state index >= 15 is 0 Å². The molecule has 3 fully saturated rings. The normalized spacial score (nSPS) is 28.7. The molecule has 3 atom stereocenters. The van der Waals surface area contributed by atoms with Crippen LogP contribution in [0.4, 0.5) is 4.79 Å². The molecular formula is C16H24N4O2S. The van der Waals surface area contributed by atoms with Crippen LogP contribution in [0.15, 0.2) is 0 Å². The molecular weight excluding hydrogens is 312 g/mol. The van der Waals surface area contributed by atoms with Crippen LogP contribution in [0.3, 0.4) is 0 Å². The van der Waals surface area contributed by atoms with Gasteiger partial charge in [-0.3, -0.25) is 4.79 Å². The van der Waals surface area contributed by atoms with Crippen molar-refractivity contribution in [1.82, 2.24) is 15.5 Å². The van der Waals surface area contributed by atoms with Crippen molar-refractivity contribution < 1.29 is 9.59 Å². The number of rotatable bonds is 8. The highest BCUT2D eigenvalue weighted by Crippen LogP contribution is 2.33. The molecule has 126 valence electrons. The second-order valence-electron chi connectivity index (χ2n) is 6.59. The fourth-order valence-corrected chi connectivity index (χ4v) is 5.02. The van der Waals surface area contributed by atoms with E-state index in [1.807, 2.05) is 16.7 Å². The molecule has 3 rings (SSSR count). The third-order valence-electron chi connectivity index (χ3n) is 4.84. The van der Waals surface area contributed by atoms with Gasteiger partial charge in [0.25, 0.3) is 0 Å². The molecule has 0 spiro atoms. The predicted molar refractivity (Wildman–Crippen MR) is 88.9 cm³/mol. The summed E-state index contributed by atoms with van der Waals surface area (Å²) in [4.78, 5) is 25.6. The van der Waals surface area contributed by atoms with E-state index in [1.165, 1.54) is 0 Å². The average Bonchev–Trinajstić information content (AvgIpc) is 3.20. The van der Waals surface area contributed by atoms with Gasteiger partial charge in [0.15, 0.2) is 0 Å². The second-order valence-corrected chi connectivity index (χ2v) is 7.87. The summed E-state index contributed by atoms with van der Waals surface area (Å²) in [5, 5.41) is 15.1. The van der Waals surface area contributed by atoms with E-state index in [0.717, 1.165) is 37.9 Å². The van der Waals surface area contributed by atoms with Gasteiger partial charge >= 0.3 is 6.03 Å². The number of fused-ring (bicyclic) bond motifs is 1. The zero-order valence-electron chi connectivity index (χ0n) is 13.3. The summed E-state index contributed by atoms with van der Waals surface area (Å²) in [5.74, 6) is 1.19. The number of thioether (sulfide) groups is 1. The van der Waals surface area contributed by atoms with Crippen molar-refractivity contribution in [3.8, 4) is 6.07 Å². The number of nitriles is 1. The zero-order valence-corrected chi connectivity index (χ0v) is 14.1. The topological polar surface area (TPSA) is 85.2 Å². The Labute approximate surface area is 141 Å². The molecule has 2 heterocycles. The lowest BCUT2D eigenvalue weighted by molar-refractivity contribution is -0.131. The van der Waals surface area contributed by atoms with Crippen molar-refractivity contribution >= 4 is 23.7 Å². The second kappa shape index (κ2) is 7.43. The van der Waals surface area contributed by atoms with E-state index in [9.17, 15) is 9.59 Å². The molecule has 2 aliphatic heterocycles. The molecule has 0 aromatic heterocycles. The first-order valence-corrected chi connectivity index (χ1v) is 9.59. The molecule has 1 saturated carbocycles. The molecule has 7 heteroatoms. The minimum atomic E-state index is -0.0435. The maximum atomic E-state index is 12.3. The Kier molecular flexibility index (Phi) is 5.31. The Balaban J connectivity index is 1.35. The van der Waals surface area contributed by atoms with Gasteiger partial charge in [0.1, 0.15) is 0 Å². The number of carbonyl (C=O) groups is 2. The number of hydrogen-bond acceptors (Lipinski definition) is 4. The molecule has 0 aromatic rings. The van der Waals surface area contributed by atoms with E-state index in [1.54, 1.807) is 0 Å². The van der Waals surface area contributed by atoms with Gasteiger partial charge in [-0.05, 0) is 25.7 Å². The van der Waals surface area contributed by atoms with Gasteiger partial charge in [0, 0.05) is 30.0 Å². The van der Waals surface area contributed by atoms with Crippen LogP contribution >= 0.6 is 11.8 Å². The number of nitrogens with one attached hydrogen (secondary N) is 2. The molecule has 6 nitrogen and oxygen atoms in total. The molecule has 3 aliphatic rings. The summed E-state index contributed by atoms with van der Waals surface area (Å²) in [6.45, 7) is 0.583. The number of nitrogens with zero attached hydrogens (tertiary/aromatic N) is 2. The maximum absolute atomic E-state index is 12.3. The quantitative estimate of drug-likeness (QED) is 0.521. The van der Waals surface area contributed by atoms with Crippen LogP contribution in [-0.4, -0.2) is 52.5 Å². The molecule has 2 saturated heterocycles. The maximum Gasteiger partial charge on any atom is 0.315 e. The largest absolute Gasteiger partial charge is 0.339 e. The van der Waals surface area contributed by atoms with Crippen LogP contribution in [0.1, 0.15) is 44.9 Å². The first-order valence-electron chi connectivity index (χ1n) is 8.54. The molecule has 0 unspecified atom stereocenters. The SMILES string of the molecule is N#CCCN(C(=O)CCCC[C@@H]1SC[C@@H]2NC(=O)N[C@@H]21)C1CC1.